The van der Waals surface area contributed by atoms with E-state index in [0.717, 1.165) is 32.8 Å². The summed E-state index contributed by atoms with van der Waals surface area (Å²) in [7, 11) is 6.74. The van der Waals surface area contributed by atoms with Crippen molar-refractivity contribution in [2.24, 2.45) is 0 Å². The zero-order chi connectivity index (χ0) is 30.1. The van der Waals surface area contributed by atoms with Crippen LogP contribution < -0.4 is 0 Å². The van der Waals surface area contributed by atoms with Crippen molar-refractivity contribution < 1.29 is 33.2 Å². The summed E-state index contributed by atoms with van der Waals surface area (Å²) in [5.41, 5.74) is 1.13. The minimum absolute atomic E-state index is 0.283. The number of hydrogen-bond donors (Lipinski definition) is 0. The lowest BCUT2D eigenvalue weighted by molar-refractivity contribution is 0.138. The van der Waals surface area contributed by atoms with Crippen LogP contribution in [0.5, 0.6) is 0 Å². The Bertz CT molecular complexity index is 544. The summed E-state index contributed by atoms with van der Waals surface area (Å²) >= 11 is 0. The average molecular weight is 575 g/mol. The SMILES string of the molecule is C1CCC2OC2C1.CC12CCCCC1(C)O2.CC12CCCCC1(C)O2.CCOC.CCOC.COCCCOC. The van der Waals surface area contributed by atoms with Crippen molar-refractivity contribution >= 4 is 0 Å². The highest BCUT2D eigenvalue weighted by Gasteiger charge is 2.64. The van der Waals surface area contributed by atoms with Crippen LogP contribution >= 0.6 is 0 Å². The van der Waals surface area contributed by atoms with E-state index in [1.807, 2.05) is 13.8 Å². The van der Waals surface area contributed by atoms with Gasteiger partial charge in [0.05, 0.1) is 34.6 Å². The van der Waals surface area contributed by atoms with Crippen LogP contribution in [0.4, 0.5) is 0 Å². The molecular formula is C33H66O7. The van der Waals surface area contributed by atoms with Gasteiger partial charge in [0.1, 0.15) is 0 Å². The molecule has 0 aromatic heterocycles. The maximum Gasteiger partial charge on any atom is 0.0949 e. The van der Waals surface area contributed by atoms with Crippen LogP contribution in [0, 0.1) is 0 Å². The van der Waals surface area contributed by atoms with Gasteiger partial charge in [0.15, 0.2) is 0 Å². The molecule has 0 radical (unpaired) electrons. The third-order valence-corrected chi connectivity index (χ3v) is 9.36. The van der Waals surface area contributed by atoms with E-state index in [1.54, 1.807) is 28.4 Å². The van der Waals surface area contributed by atoms with Crippen LogP contribution in [0.2, 0.25) is 0 Å². The fourth-order valence-electron chi connectivity index (χ4n) is 5.78. The highest BCUT2D eigenvalue weighted by Crippen LogP contribution is 2.57. The van der Waals surface area contributed by atoms with Crippen molar-refractivity contribution in [3.8, 4) is 0 Å². The molecule has 7 nitrogen and oxygen atoms in total. The molecule has 0 bridgehead atoms. The van der Waals surface area contributed by atoms with Crippen molar-refractivity contribution in [2.45, 2.75) is 160 Å². The first-order valence-electron chi connectivity index (χ1n) is 16.1. The fourth-order valence-corrected chi connectivity index (χ4v) is 5.78. The number of methoxy groups -OCH3 is 4. The van der Waals surface area contributed by atoms with Gasteiger partial charge >= 0.3 is 0 Å². The van der Waals surface area contributed by atoms with Crippen LogP contribution in [0.3, 0.4) is 0 Å². The molecule has 3 aliphatic heterocycles. The quantitative estimate of drug-likeness (QED) is 0.240. The number of ether oxygens (including phenoxy) is 7. The number of fused-ring (bicyclic) bond motifs is 3. The van der Waals surface area contributed by atoms with Gasteiger partial charge < -0.3 is 33.2 Å². The average Bonchev–Trinajstić information content (AvgIpc) is 3.89. The van der Waals surface area contributed by atoms with Gasteiger partial charge in [0.25, 0.3) is 0 Å². The normalized spacial score (nSPS) is 37.0. The van der Waals surface area contributed by atoms with Gasteiger partial charge in [-0.15, -0.1) is 0 Å². The summed E-state index contributed by atoms with van der Waals surface area (Å²) in [5, 5.41) is 0. The first-order valence-corrected chi connectivity index (χ1v) is 16.1. The molecule has 0 N–H and O–H groups in total. The highest BCUT2D eigenvalue weighted by atomic mass is 16.6. The molecule has 240 valence electrons. The van der Waals surface area contributed by atoms with Crippen LogP contribution in [0.1, 0.15) is 125 Å². The first-order chi connectivity index (χ1) is 19.0. The molecule has 3 heterocycles. The second kappa shape index (κ2) is 19.1. The molecule has 7 heteroatoms. The topological polar surface area (TPSA) is 74.5 Å². The molecule has 0 aromatic carbocycles. The Morgan fingerprint density at radius 3 is 1.02 bits per heavy atom. The van der Waals surface area contributed by atoms with Crippen molar-refractivity contribution in [1.82, 2.24) is 0 Å². The first kappa shape index (κ1) is 37.7. The van der Waals surface area contributed by atoms with Gasteiger partial charge in [-0.3, -0.25) is 0 Å². The Morgan fingerprint density at radius 1 is 0.525 bits per heavy atom. The lowest BCUT2D eigenvalue weighted by Gasteiger charge is -2.17. The zero-order valence-corrected chi connectivity index (χ0v) is 28.0. The third-order valence-electron chi connectivity index (χ3n) is 9.36. The molecule has 3 saturated heterocycles. The Balaban J connectivity index is 0.000000247. The molecule has 6 rings (SSSR count). The smallest absolute Gasteiger partial charge is 0.0949 e. The van der Waals surface area contributed by atoms with Crippen LogP contribution in [-0.2, 0) is 33.2 Å². The zero-order valence-electron chi connectivity index (χ0n) is 28.0. The maximum atomic E-state index is 5.65. The lowest BCUT2D eigenvalue weighted by atomic mass is 9.82. The van der Waals surface area contributed by atoms with E-state index in [-0.39, 0.29) is 22.4 Å². The fraction of sp³-hybridized carbons (Fsp3) is 1.00. The largest absolute Gasteiger partial charge is 0.385 e. The standard InChI is InChI=1S/2C8H14O.C6H10O.C5H12O2.2C3H8O/c2*1-7-5-3-4-6-8(7,2)9-7;1-2-4-6-5(3-1)7-6;1-6-4-3-5-7-2;2*1-3-4-2/h2*3-6H2,1-2H3;5-6H,1-4H2;3-5H2,1-2H3;2*3H2,1-2H3. The summed E-state index contributed by atoms with van der Waals surface area (Å²) in [6.07, 6.45) is 18.5. The lowest BCUT2D eigenvalue weighted by Crippen LogP contribution is -2.23. The number of epoxide rings is 3. The molecule has 6 unspecified atom stereocenters. The van der Waals surface area contributed by atoms with Crippen molar-refractivity contribution in [1.29, 1.82) is 0 Å². The van der Waals surface area contributed by atoms with Crippen LogP contribution in [0.15, 0.2) is 0 Å². The molecule has 6 aliphatic rings. The predicted octanol–water partition coefficient (Wildman–Crippen LogP) is 7.52. The van der Waals surface area contributed by atoms with Gasteiger partial charge in [-0.25, -0.2) is 0 Å². The second-order valence-corrected chi connectivity index (χ2v) is 12.5. The van der Waals surface area contributed by atoms with Gasteiger partial charge in [-0.2, -0.15) is 0 Å². The predicted molar refractivity (Wildman–Crippen MR) is 163 cm³/mol. The minimum Gasteiger partial charge on any atom is -0.385 e. The van der Waals surface area contributed by atoms with Gasteiger partial charge in [-0.05, 0) is 86.5 Å². The van der Waals surface area contributed by atoms with E-state index in [4.69, 9.17) is 23.7 Å². The van der Waals surface area contributed by atoms with Gasteiger partial charge in [-0.1, -0.05) is 38.5 Å². The van der Waals surface area contributed by atoms with E-state index in [1.165, 1.54) is 77.0 Å². The molecule has 0 amide bonds. The third kappa shape index (κ3) is 12.9. The summed E-state index contributed by atoms with van der Waals surface area (Å²) in [6.45, 7) is 16.1. The molecule has 6 fully saturated rings. The van der Waals surface area contributed by atoms with Crippen molar-refractivity contribution in [3.05, 3.63) is 0 Å². The van der Waals surface area contributed by atoms with Crippen molar-refractivity contribution in [3.63, 3.8) is 0 Å². The van der Waals surface area contributed by atoms with E-state index >= 15 is 0 Å². The Labute approximate surface area is 247 Å². The van der Waals surface area contributed by atoms with Crippen LogP contribution in [-0.4, -0.2) is 89.5 Å². The number of hydrogen-bond acceptors (Lipinski definition) is 7. The van der Waals surface area contributed by atoms with Crippen molar-refractivity contribution in [2.75, 3.05) is 54.9 Å². The number of rotatable bonds is 6. The summed E-state index contributed by atoms with van der Waals surface area (Å²) < 4.78 is 35.2. The molecule has 0 spiro atoms. The Morgan fingerprint density at radius 2 is 0.825 bits per heavy atom. The molecular weight excluding hydrogens is 508 g/mol. The van der Waals surface area contributed by atoms with E-state index in [2.05, 4.69) is 37.2 Å². The maximum absolute atomic E-state index is 5.65. The molecule has 6 atom stereocenters. The summed E-state index contributed by atoms with van der Waals surface area (Å²) in [4.78, 5) is 0. The van der Waals surface area contributed by atoms with E-state index in [0.29, 0.717) is 12.2 Å². The van der Waals surface area contributed by atoms with Gasteiger partial charge in [0.2, 0.25) is 0 Å². The van der Waals surface area contributed by atoms with E-state index in [9.17, 15) is 0 Å². The monoisotopic (exact) mass is 574 g/mol. The highest BCUT2D eigenvalue weighted by molar-refractivity contribution is 5.13. The van der Waals surface area contributed by atoms with Gasteiger partial charge in [0, 0.05) is 54.9 Å². The molecule has 0 aromatic rings. The Hall–Kier alpha value is -0.280. The summed E-state index contributed by atoms with van der Waals surface area (Å²) in [6, 6.07) is 0. The second-order valence-electron chi connectivity index (χ2n) is 12.5. The summed E-state index contributed by atoms with van der Waals surface area (Å²) in [5.74, 6) is 0. The molecule has 40 heavy (non-hydrogen) atoms. The molecule has 3 aliphatic carbocycles. The Kier molecular flexibility index (Phi) is 18.0. The molecule has 3 saturated carbocycles. The minimum atomic E-state index is 0.283. The van der Waals surface area contributed by atoms with Crippen LogP contribution in [0.25, 0.3) is 0 Å². The van der Waals surface area contributed by atoms with E-state index < -0.39 is 0 Å².